The van der Waals surface area contributed by atoms with Gasteiger partial charge in [-0.25, -0.2) is 19.2 Å². The summed E-state index contributed by atoms with van der Waals surface area (Å²) >= 11 is 1.28. The van der Waals surface area contributed by atoms with Crippen molar-refractivity contribution in [1.29, 1.82) is 0 Å². The number of esters is 1. The van der Waals surface area contributed by atoms with Gasteiger partial charge in [0.15, 0.2) is 7.36 Å². The van der Waals surface area contributed by atoms with E-state index in [-0.39, 0.29) is 5.69 Å². The molecule has 3 aromatic rings. The molecule has 10 nitrogen and oxygen atoms in total. The number of nitrogens with zero attached hydrogens (tertiary/aromatic N) is 5. The van der Waals surface area contributed by atoms with E-state index >= 15 is 0 Å². The molecule has 186 valence electrons. The second kappa shape index (κ2) is 9.94. The molecule has 2 aliphatic heterocycles. The number of benzene rings is 2. The van der Waals surface area contributed by atoms with Crippen LogP contribution in [0.2, 0.25) is 0 Å². The van der Waals surface area contributed by atoms with E-state index < -0.39 is 18.2 Å². The number of hydrogen-bond acceptors (Lipinski definition) is 8. The van der Waals surface area contributed by atoms with Crippen molar-refractivity contribution in [3.8, 4) is 0 Å². The van der Waals surface area contributed by atoms with Gasteiger partial charge in [0, 0.05) is 37.8 Å². The fraction of sp³-hybridized carbons (Fsp3) is 0.250. The largest absolute Gasteiger partial charge is 0.465 e. The molecule has 1 aromatic heterocycles. The molecule has 1 fully saturated rings. The van der Waals surface area contributed by atoms with E-state index in [9.17, 15) is 14.9 Å². The third-order valence-electron chi connectivity index (χ3n) is 6.06. The molecule has 0 amide bonds. The molecule has 2 aliphatic rings. The summed E-state index contributed by atoms with van der Waals surface area (Å²) in [5.41, 5.74) is 1.54. The maximum atomic E-state index is 12.5. The summed E-state index contributed by atoms with van der Waals surface area (Å²) < 4.78 is 20.4. The summed E-state index contributed by atoms with van der Waals surface area (Å²) in [6.07, 6.45) is 0. The fourth-order valence-electron chi connectivity index (χ4n) is 4.33. The first kappa shape index (κ1) is 24.3. The Kier molecular flexibility index (Phi) is 6.72. The van der Waals surface area contributed by atoms with Gasteiger partial charge in [-0.05, 0) is 18.2 Å². The maximum Gasteiger partial charge on any atom is 0.348 e. The van der Waals surface area contributed by atoms with E-state index in [1.807, 2.05) is 43.4 Å². The number of fused-ring (bicyclic) bond motifs is 1. The molecule has 0 saturated carbocycles. The third-order valence-corrected chi connectivity index (χ3v) is 10.9. The van der Waals surface area contributed by atoms with E-state index in [4.69, 9.17) is 19.2 Å². The van der Waals surface area contributed by atoms with Crippen molar-refractivity contribution in [2.45, 2.75) is 0 Å². The highest BCUT2D eigenvalue weighted by atomic mass is 32.1. The van der Waals surface area contributed by atoms with Crippen LogP contribution in [0, 0.1) is 10.1 Å². The average Bonchev–Trinajstić information content (AvgIpc) is 3.35. The van der Waals surface area contributed by atoms with Gasteiger partial charge in [-0.1, -0.05) is 30.3 Å². The first-order valence-electron chi connectivity index (χ1n) is 11.2. The van der Waals surface area contributed by atoms with Crippen molar-refractivity contribution in [3.05, 3.63) is 81.2 Å². The number of amidine groups is 1. The molecule has 0 bridgehead atoms. The van der Waals surface area contributed by atoms with Gasteiger partial charge in [-0.2, -0.15) is 0 Å². The standard InChI is InChI=1S/C24H24N5O5PS/c1-27-22(17-6-4-3-5-7-17)25-23-20(16-21(36-23)24(30)33-2)35(27,28-12-14-34-15-13-28)26-18-8-10-19(11-9-18)29(31)32/h3-11,16H,12-15H2,1-2H3. The lowest BCUT2D eigenvalue weighted by molar-refractivity contribution is -0.384. The number of aliphatic imine (C=N–C) groups is 1. The van der Waals surface area contributed by atoms with Crippen LogP contribution in [0.3, 0.4) is 0 Å². The number of morpholine rings is 1. The summed E-state index contributed by atoms with van der Waals surface area (Å²) in [7, 11) is 0.588. The monoisotopic (exact) mass is 525 g/mol. The summed E-state index contributed by atoms with van der Waals surface area (Å²) in [5, 5.41) is 12.8. The molecule has 0 radical (unpaired) electrons. The molecule has 2 aromatic carbocycles. The number of rotatable bonds is 5. The van der Waals surface area contributed by atoms with Crippen LogP contribution < -0.4 is 5.30 Å². The van der Waals surface area contributed by atoms with Gasteiger partial charge in [0.2, 0.25) is 0 Å². The van der Waals surface area contributed by atoms with Gasteiger partial charge in [0.25, 0.3) is 5.69 Å². The van der Waals surface area contributed by atoms with Gasteiger partial charge in [0.1, 0.15) is 15.7 Å². The lowest BCUT2D eigenvalue weighted by Crippen LogP contribution is -2.45. The van der Waals surface area contributed by atoms with Crippen LogP contribution in [-0.2, 0) is 9.47 Å². The number of nitro benzene ring substituents is 1. The molecule has 1 saturated heterocycles. The number of hydrogen-bond donors (Lipinski definition) is 0. The minimum atomic E-state index is -2.74. The SMILES string of the molecule is COC(=O)c1cc2c(s1)N=C(c1ccccc1)N(C)P2(=Nc1ccc([N+](=O)[O-])cc1)N1CCOCC1. The zero-order valence-electron chi connectivity index (χ0n) is 19.7. The van der Waals surface area contributed by atoms with Crippen LogP contribution in [0.25, 0.3) is 0 Å². The Morgan fingerprint density at radius 3 is 2.50 bits per heavy atom. The van der Waals surface area contributed by atoms with Crippen molar-refractivity contribution in [2.75, 3.05) is 40.5 Å². The molecular formula is C24H24N5O5PS. The van der Waals surface area contributed by atoms with Crippen LogP contribution in [0.1, 0.15) is 15.2 Å². The van der Waals surface area contributed by atoms with Crippen molar-refractivity contribution in [2.24, 2.45) is 9.74 Å². The van der Waals surface area contributed by atoms with Gasteiger partial charge in [-0.15, -0.1) is 11.3 Å². The summed E-state index contributed by atoms with van der Waals surface area (Å²) in [5.74, 6) is 0.316. The number of ether oxygens (including phenoxy) is 2. The Morgan fingerprint density at radius 1 is 1.17 bits per heavy atom. The Morgan fingerprint density at radius 2 is 1.86 bits per heavy atom. The van der Waals surface area contributed by atoms with Crippen molar-refractivity contribution in [1.82, 2.24) is 9.34 Å². The van der Waals surface area contributed by atoms with Crippen LogP contribution in [0.5, 0.6) is 0 Å². The number of non-ortho nitro benzene ring substituents is 1. The van der Waals surface area contributed by atoms with E-state index in [1.54, 1.807) is 12.1 Å². The summed E-state index contributed by atoms with van der Waals surface area (Å²) in [6, 6.07) is 17.9. The lowest BCUT2D eigenvalue weighted by Gasteiger charge is -2.46. The van der Waals surface area contributed by atoms with Crippen LogP contribution in [0.4, 0.5) is 16.4 Å². The molecular weight excluding hydrogens is 501 g/mol. The predicted molar refractivity (Wildman–Crippen MR) is 140 cm³/mol. The topological polar surface area (TPSA) is 110 Å². The quantitative estimate of drug-likeness (QED) is 0.204. The lowest BCUT2D eigenvalue weighted by atomic mass is 10.2. The first-order valence-corrected chi connectivity index (χ1v) is 13.7. The highest BCUT2D eigenvalue weighted by Gasteiger charge is 2.43. The van der Waals surface area contributed by atoms with Crippen molar-refractivity contribution < 1.29 is 19.2 Å². The Hall–Kier alpha value is -3.37. The molecule has 36 heavy (non-hydrogen) atoms. The normalized spacial score (nSPS) is 19.8. The van der Waals surface area contributed by atoms with E-state index in [0.29, 0.717) is 41.9 Å². The molecule has 0 N–H and O–H groups in total. The molecule has 5 rings (SSSR count). The molecule has 1 unspecified atom stereocenters. The van der Waals surface area contributed by atoms with Gasteiger partial charge in [0.05, 0.1) is 36.2 Å². The number of methoxy groups -OCH3 is 1. The summed E-state index contributed by atoms with van der Waals surface area (Å²) in [6.45, 7) is 2.37. The Bertz CT molecular complexity index is 1380. The van der Waals surface area contributed by atoms with Gasteiger partial charge in [-0.3, -0.25) is 10.1 Å². The fourth-order valence-corrected chi connectivity index (χ4v) is 9.35. The molecule has 0 spiro atoms. The molecule has 1 atom stereocenters. The van der Waals surface area contributed by atoms with E-state index in [0.717, 1.165) is 16.7 Å². The van der Waals surface area contributed by atoms with Crippen LogP contribution in [0.15, 0.2) is 70.4 Å². The van der Waals surface area contributed by atoms with Crippen molar-refractivity contribution in [3.63, 3.8) is 0 Å². The predicted octanol–water partition coefficient (Wildman–Crippen LogP) is 4.79. The minimum Gasteiger partial charge on any atom is -0.465 e. The smallest absolute Gasteiger partial charge is 0.348 e. The van der Waals surface area contributed by atoms with Crippen molar-refractivity contribution >= 4 is 52.2 Å². The number of carbonyl (C=O) groups is 1. The third kappa shape index (κ3) is 4.24. The second-order valence-corrected chi connectivity index (χ2v) is 12.1. The van der Waals surface area contributed by atoms with Gasteiger partial charge < -0.3 is 14.1 Å². The van der Waals surface area contributed by atoms with E-state index in [1.165, 1.54) is 30.6 Å². The molecule has 0 aliphatic carbocycles. The number of nitro groups is 1. The van der Waals surface area contributed by atoms with E-state index in [2.05, 4.69) is 9.34 Å². The van der Waals surface area contributed by atoms with Crippen LogP contribution >= 0.6 is 18.7 Å². The highest BCUT2D eigenvalue weighted by molar-refractivity contribution is 7.71. The zero-order chi connectivity index (χ0) is 25.3. The maximum absolute atomic E-state index is 12.5. The molecule has 3 heterocycles. The second-order valence-electron chi connectivity index (χ2n) is 8.13. The number of carbonyl (C=O) groups excluding carboxylic acids is 1. The zero-order valence-corrected chi connectivity index (χ0v) is 21.4. The average molecular weight is 526 g/mol. The Labute approximate surface area is 212 Å². The van der Waals surface area contributed by atoms with Gasteiger partial charge >= 0.3 is 5.97 Å². The minimum absolute atomic E-state index is 0.000409. The number of thiophene rings is 1. The van der Waals surface area contributed by atoms with Crippen LogP contribution in [-0.4, -0.2) is 66.5 Å². The Balaban J connectivity index is 1.79. The summed E-state index contributed by atoms with van der Waals surface area (Å²) in [4.78, 5) is 28.7. The highest BCUT2D eigenvalue weighted by Crippen LogP contribution is 2.62. The first-order chi connectivity index (χ1) is 17.4. The molecule has 12 heteroatoms.